The molecule has 1 aliphatic heterocycles. The second-order valence-electron chi connectivity index (χ2n) is 11.6. The maximum absolute atomic E-state index is 11.7. The molecule has 1 aliphatic rings. The number of carbonyl (C=O) groups is 4. The molecule has 0 bridgehead atoms. The summed E-state index contributed by atoms with van der Waals surface area (Å²) in [4.78, 5) is 43.0. The summed E-state index contributed by atoms with van der Waals surface area (Å²) in [6.07, 6.45) is 6.55. The summed E-state index contributed by atoms with van der Waals surface area (Å²) in [5.74, 6) is 1.58. The van der Waals surface area contributed by atoms with E-state index >= 15 is 0 Å². The van der Waals surface area contributed by atoms with E-state index < -0.39 is 0 Å². The third-order valence-corrected chi connectivity index (χ3v) is 7.77. The molecule has 1 fully saturated rings. The number of ether oxygens (including phenoxy) is 2. The molecule has 46 heavy (non-hydrogen) atoms. The van der Waals surface area contributed by atoms with E-state index in [1.807, 2.05) is 43.0 Å². The van der Waals surface area contributed by atoms with E-state index in [-0.39, 0.29) is 24.3 Å². The van der Waals surface area contributed by atoms with Crippen molar-refractivity contribution < 1.29 is 28.7 Å². The van der Waals surface area contributed by atoms with Crippen LogP contribution in [0.4, 0.5) is 5.69 Å². The van der Waals surface area contributed by atoms with Gasteiger partial charge in [-0.25, -0.2) is 0 Å². The molecule has 0 spiro atoms. The molecule has 1 aromatic carbocycles. The lowest BCUT2D eigenvalue weighted by molar-refractivity contribution is -0.122. The number of nitrogens with zero attached hydrogens (tertiary/aromatic N) is 1. The molecular weight excluding hydrogens is 586 g/mol. The van der Waals surface area contributed by atoms with Crippen LogP contribution in [-0.2, 0) is 35.1 Å². The first-order valence-electron chi connectivity index (χ1n) is 16.6. The molecule has 268 valence electrons. The zero-order valence-electron chi connectivity index (χ0n) is 30.6. The van der Waals surface area contributed by atoms with Crippen LogP contribution in [0.15, 0.2) is 24.3 Å². The summed E-state index contributed by atoms with van der Waals surface area (Å²) in [7, 11) is 3.53. The van der Waals surface area contributed by atoms with Crippen molar-refractivity contribution in [1.82, 2.24) is 10.2 Å². The second-order valence-corrected chi connectivity index (χ2v) is 11.6. The Kier molecular flexibility index (Phi) is 31.5. The van der Waals surface area contributed by atoms with Crippen LogP contribution in [0.3, 0.4) is 0 Å². The van der Waals surface area contributed by atoms with Gasteiger partial charge in [-0.1, -0.05) is 74.4 Å². The molecule has 1 heterocycles. The number of anilines is 1. The van der Waals surface area contributed by atoms with E-state index in [4.69, 9.17) is 20.0 Å². The molecule has 0 radical (unpaired) electrons. The quantitative estimate of drug-likeness (QED) is 0.158. The molecule has 1 saturated heterocycles. The van der Waals surface area contributed by atoms with Gasteiger partial charge in [-0.2, -0.15) is 0 Å². The van der Waals surface area contributed by atoms with Crippen LogP contribution in [0, 0.1) is 23.7 Å². The van der Waals surface area contributed by atoms with E-state index in [2.05, 4.69) is 57.9 Å². The van der Waals surface area contributed by atoms with Gasteiger partial charge in [0.2, 0.25) is 25.1 Å². The molecule has 11 heteroatoms. The molecule has 5 unspecified atom stereocenters. The van der Waals surface area contributed by atoms with Crippen LogP contribution in [0.1, 0.15) is 87.1 Å². The molecule has 5 atom stereocenters. The Morgan fingerprint density at radius 2 is 1.65 bits per heavy atom. The standard InChI is InChI=1S/C13H19N3O2.C10H19NO2.C9H20O.C2H6.CH3NO/c1-10(8-14)13(18)16-12-4-2-3-11(7-12)5-6-15-9-17;1-8(2)10(13-3)9-5-4-6-11(9)7-12;1-6-9(10-5)8(4)7(2)3;1-2;2-1-3/h2-4,7,9-10H,5-6,8,14H2,1H3,(H,15,17)(H,16,18);7-10H,4-6H2,1-3H3;7-9H,6H2,1-5H3;1-2H3;1H,(H2,2,3). The first-order chi connectivity index (χ1) is 21.9. The first kappa shape index (κ1) is 47.4. The predicted molar refractivity (Wildman–Crippen MR) is 189 cm³/mol. The van der Waals surface area contributed by atoms with E-state index in [1.54, 1.807) is 21.1 Å². The number of amides is 4. The summed E-state index contributed by atoms with van der Waals surface area (Å²) in [5, 5.41) is 5.41. The van der Waals surface area contributed by atoms with Crippen LogP contribution < -0.4 is 22.1 Å². The number of hydrogen-bond acceptors (Lipinski definition) is 7. The lowest BCUT2D eigenvalue weighted by atomic mass is 9.91. The van der Waals surface area contributed by atoms with Crippen molar-refractivity contribution >= 4 is 30.8 Å². The molecule has 1 aromatic rings. The third kappa shape index (κ3) is 20.9. The number of rotatable bonds is 15. The molecule has 6 N–H and O–H groups in total. The molecule has 0 aliphatic carbocycles. The Labute approximate surface area is 279 Å². The van der Waals surface area contributed by atoms with Crippen LogP contribution in [0.5, 0.6) is 0 Å². The van der Waals surface area contributed by atoms with Gasteiger partial charge in [0.15, 0.2) is 0 Å². The van der Waals surface area contributed by atoms with Gasteiger partial charge >= 0.3 is 0 Å². The normalized spacial score (nSPS) is 15.9. The molecule has 2 rings (SSSR count). The number of primary amides is 1. The minimum absolute atomic E-state index is 0.0827. The van der Waals surface area contributed by atoms with Crippen molar-refractivity contribution in [1.29, 1.82) is 0 Å². The summed E-state index contributed by atoms with van der Waals surface area (Å²) in [5.41, 5.74) is 11.4. The number of nitrogens with one attached hydrogen (secondary N) is 2. The lowest BCUT2D eigenvalue weighted by Crippen LogP contribution is -2.42. The number of methoxy groups -OCH3 is 2. The van der Waals surface area contributed by atoms with Crippen LogP contribution in [0.2, 0.25) is 0 Å². The maximum atomic E-state index is 11.7. The van der Waals surface area contributed by atoms with Crippen molar-refractivity contribution in [3.05, 3.63) is 29.8 Å². The average molecular weight is 654 g/mol. The van der Waals surface area contributed by atoms with Crippen molar-refractivity contribution in [2.75, 3.05) is 39.2 Å². The van der Waals surface area contributed by atoms with Gasteiger partial charge < -0.3 is 36.5 Å². The summed E-state index contributed by atoms with van der Waals surface area (Å²) in [6.45, 7) is 20.8. The third-order valence-electron chi connectivity index (χ3n) is 7.77. The predicted octanol–water partition coefficient (Wildman–Crippen LogP) is 4.62. The largest absolute Gasteiger partial charge is 0.381 e. The Morgan fingerprint density at radius 3 is 2.07 bits per heavy atom. The summed E-state index contributed by atoms with van der Waals surface area (Å²) < 4.78 is 10.7. The van der Waals surface area contributed by atoms with Gasteiger partial charge in [-0.05, 0) is 61.1 Å². The number of nitrogens with two attached hydrogens (primary N) is 2. The molecular formula is C35H67N5O6. The Hall–Kier alpha value is -3.02. The highest BCUT2D eigenvalue weighted by Crippen LogP contribution is 2.24. The van der Waals surface area contributed by atoms with Crippen molar-refractivity contribution in [2.24, 2.45) is 35.1 Å². The number of hydrogen-bond donors (Lipinski definition) is 4. The maximum Gasteiger partial charge on any atom is 0.228 e. The topological polar surface area (TPSA) is 166 Å². The van der Waals surface area contributed by atoms with Gasteiger partial charge in [-0.15, -0.1) is 0 Å². The molecule has 0 saturated carbocycles. The summed E-state index contributed by atoms with van der Waals surface area (Å²) in [6, 6.07) is 7.85. The minimum Gasteiger partial charge on any atom is -0.381 e. The van der Waals surface area contributed by atoms with Gasteiger partial charge in [0, 0.05) is 45.5 Å². The highest BCUT2D eigenvalue weighted by atomic mass is 16.5. The van der Waals surface area contributed by atoms with E-state index in [0.717, 1.165) is 55.8 Å². The highest BCUT2D eigenvalue weighted by Gasteiger charge is 2.32. The Balaban J connectivity index is -0.000000583. The summed E-state index contributed by atoms with van der Waals surface area (Å²) >= 11 is 0. The average Bonchev–Trinajstić information content (AvgIpc) is 3.52. The molecule has 11 nitrogen and oxygen atoms in total. The van der Waals surface area contributed by atoms with Crippen LogP contribution in [-0.4, -0.2) is 82.1 Å². The molecule has 0 aromatic heterocycles. The van der Waals surface area contributed by atoms with Gasteiger partial charge in [0.25, 0.3) is 0 Å². The van der Waals surface area contributed by atoms with E-state index in [9.17, 15) is 14.4 Å². The van der Waals surface area contributed by atoms with Crippen LogP contribution >= 0.6 is 0 Å². The molecule has 4 amide bonds. The monoisotopic (exact) mass is 654 g/mol. The zero-order valence-corrected chi connectivity index (χ0v) is 30.6. The number of carbonyl (C=O) groups excluding carboxylic acids is 4. The van der Waals surface area contributed by atoms with Gasteiger partial charge in [-0.3, -0.25) is 19.2 Å². The van der Waals surface area contributed by atoms with E-state index in [0.29, 0.717) is 43.5 Å². The second kappa shape index (κ2) is 30.6. The number of likely N-dealkylation sites (tertiary alicyclic amines) is 1. The zero-order chi connectivity index (χ0) is 36.1. The first-order valence-corrected chi connectivity index (χ1v) is 16.6. The fourth-order valence-electron chi connectivity index (χ4n) is 4.81. The van der Waals surface area contributed by atoms with E-state index in [1.165, 1.54) is 0 Å². The Morgan fingerprint density at radius 1 is 1.04 bits per heavy atom. The fourth-order valence-corrected chi connectivity index (χ4v) is 4.81. The van der Waals surface area contributed by atoms with Gasteiger partial charge in [0.1, 0.15) is 0 Å². The number of benzene rings is 1. The Bertz CT molecular complexity index is 898. The minimum atomic E-state index is -0.203. The van der Waals surface area contributed by atoms with Crippen molar-refractivity contribution in [3.8, 4) is 0 Å². The lowest BCUT2D eigenvalue weighted by Gasteiger charge is -2.30. The fraction of sp³-hybridized carbons (Fsp3) is 0.714. The highest BCUT2D eigenvalue weighted by molar-refractivity contribution is 5.92. The van der Waals surface area contributed by atoms with Crippen molar-refractivity contribution in [3.63, 3.8) is 0 Å². The van der Waals surface area contributed by atoms with Crippen molar-refractivity contribution in [2.45, 2.75) is 106 Å². The smallest absolute Gasteiger partial charge is 0.228 e. The van der Waals surface area contributed by atoms with Gasteiger partial charge in [0.05, 0.1) is 18.2 Å². The SMILES string of the molecule is CC.CC(CN)C(=O)Nc1cccc(CCNC=O)c1.CCC(OC)C(C)C(C)C.COC(C(C)C)C1CCCN1C=O.NC=O. The van der Waals surface area contributed by atoms with Crippen LogP contribution in [0.25, 0.3) is 0 Å².